The molecule has 1 unspecified atom stereocenters. The maximum absolute atomic E-state index is 13.4. The van der Waals surface area contributed by atoms with Crippen molar-refractivity contribution in [1.82, 2.24) is 9.55 Å². The van der Waals surface area contributed by atoms with Crippen LogP contribution in [0.2, 0.25) is 0 Å². The van der Waals surface area contributed by atoms with Crippen LogP contribution in [0.15, 0.2) is 47.6 Å². The fourth-order valence-electron chi connectivity index (χ4n) is 6.64. The fraction of sp³-hybridized carbons (Fsp3) is 0.400. The zero-order valence-corrected chi connectivity index (χ0v) is 18.0. The molecule has 3 aliphatic rings. The summed E-state index contributed by atoms with van der Waals surface area (Å²) in [6, 6.07) is 8.71. The molecule has 0 amide bonds. The predicted octanol–water partition coefficient (Wildman–Crippen LogP) is 5.78. The van der Waals surface area contributed by atoms with Crippen LogP contribution in [-0.4, -0.2) is 14.7 Å². The average molecular weight is 421 g/mol. The molecule has 0 radical (unpaired) electrons. The molecule has 0 saturated heterocycles. The molecule has 1 N–H and O–H groups in total. The van der Waals surface area contributed by atoms with Gasteiger partial charge in [0.1, 0.15) is 11.4 Å². The van der Waals surface area contributed by atoms with E-state index in [1.807, 2.05) is 6.33 Å². The Hall–Kier alpha value is -2.24. The van der Waals surface area contributed by atoms with Crippen LogP contribution in [0, 0.1) is 30.0 Å². The van der Waals surface area contributed by atoms with Gasteiger partial charge >= 0.3 is 0 Å². The standard InChI is InChI=1S/C25H25FN2OS/c1-15-10-11-30-23(15)25(29)16(2)24-13-28-14-27-22(17-6-8-19(26)9-7-17)20(28)12-18(24)4-3-5-21(24)25/h6-12,14,16,21,29H,3-5,13H2,1-2H3/t16?,21-,24+,25-/m0/s1. The first kappa shape index (κ1) is 18.5. The highest BCUT2D eigenvalue weighted by Crippen LogP contribution is 2.72. The van der Waals surface area contributed by atoms with Crippen molar-refractivity contribution < 1.29 is 9.50 Å². The molecule has 0 bridgehead atoms. The lowest BCUT2D eigenvalue weighted by atomic mass is 9.38. The maximum Gasteiger partial charge on any atom is 0.123 e. The first-order valence-electron chi connectivity index (χ1n) is 10.8. The largest absolute Gasteiger partial charge is 0.384 e. The minimum atomic E-state index is -0.740. The van der Waals surface area contributed by atoms with E-state index >= 15 is 0 Å². The molecule has 2 aliphatic carbocycles. The van der Waals surface area contributed by atoms with Gasteiger partial charge in [-0.2, -0.15) is 0 Å². The molecule has 2 aromatic heterocycles. The quantitative estimate of drug-likeness (QED) is 0.571. The molecule has 30 heavy (non-hydrogen) atoms. The van der Waals surface area contributed by atoms with Gasteiger partial charge in [-0.25, -0.2) is 9.37 Å². The molecule has 3 nitrogen and oxygen atoms in total. The number of allylic oxidation sites excluding steroid dienone is 1. The van der Waals surface area contributed by atoms with Crippen LogP contribution < -0.4 is 0 Å². The second-order valence-electron chi connectivity index (χ2n) is 9.25. The lowest BCUT2D eigenvalue weighted by molar-refractivity contribution is -0.255. The minimum absolute atomic E-state index is 0.00278. The smallest absolute Gasteiger partial charge is 0.123 e. The van der Waals surface area contributed by atoms with Gasteiger partial charge in [0.15, 0.2) is 0 Å². The van der Waals surface area contributed by atoms with Gasteiger partial charge in [-0.3, -0.25) is 0 Å². The first-order valence-corrected chi connectivity index (χ1v) is 11.6. The number of imidazole rings is 1. The second-order valence-corrected chi connectivity index (χ2v) is 10.2. The Morgan fingerprint density at radius 3 is 2.77 bits per heavy atom. The highest BCUT2D eigenvalue weighted by Gasteiger charge is 2.71. The van der Waals surface area contributed by atoms with Crippen molar-refractivity contribution in [2.45, 2.75) is 45.3 Å². The third kappa shape index (κ3) is 2.15. The van der Waals surface area contributed by atoms with E-state index in [0.717, 1.165) is 47.6 Å². The van der Waals surface area contributed by atoms with Gasteiger partial charge in [0.2, 0.25) is 0 Å². The van der Waals surface area contributed by atoms with Crippen molar-refractivity contribution in [3.8, 4) is 11.3 Å². The van der Waals surface area contributed by atoms with E-state index in [0.29, 0.717) is 0 Å². The van der Waals surface area contributed by atoms with Crippen LogP contribution in [0.5, 0.6) is 0 Å². The molecule has 3 heterocycles. The average Bonchev–Trinajstić information content (AvgIpc) is 3.37. The van der Waals surface area contributed by atoms with Crippen molar-refractivity contribution in [1.29, 1.82) is 0 Å². The van der Waals surface area contributed by atoms with Gasteiger partial charge in [-0.15, -0.1) is 11.3 Å². The van der Waals surface area contributed by atoms with Crippen LogP contribution in [0.3, 0.4) is 0 Å². The molecule has 1 aromatic carbocycles. The van der Waals surface area contributed by atoms with E-state index in [9.17, 15) is 9.50 Å². The number of aliphatic hydroxyl groups is 1. The summed E-state index contributed by atoms with van der Waals surface area (Å²) in [6.45, 7) is 5.21. The molecule has 1 aliphatic heterocycles. The van der Waals surface area contributed by atoms with Crippen molar-refractivity contribution in [3.05, 3.63) is 69.6 Å². The molecular weight excluding hydrogens is 395 g/mol. The van der Waals surface area contributed by atoms with Crippen molar-refractivity contribution >= 4 is 17.4 Å². The van der Waals surface area contributed by atoms with Gasteiger partial charge < -0.3 is 9.67 Å². The number of hydrogen-bond donors (Lipinski definition) is 1. The molecule has 4 atom stereocenters. The Morgan fingerprint density at radius 2 is 2.03 bits per heavy atom. The summed E-state index contributed by atoms with van der Waals surface area (Å²) in [7, 11) is 0. The van der Waals surface area contributed by atoms with Gasteiger partial charge in [-0.05, 0) is 73.5 Å². The molecule has 6 rings (SSSR count). The Bertz CT molecular complexity index is 1180. The summed E-state index contributed by atoms with van der Waals surface area (Å²) in [4.78, 5) is 5.85. The molecule has 2 fully saturated rings. The molecule has 1 spiro atoms. The summed E-state index contributed by atoms with van der Waals surface area (Å²) in [5.74, 6) is 0.164. The number of benzene rings is 1. The van der Waals surface area contributed by atoms with Crippen LogP contribution in [0.1, 0.15) is 42.3 Å². The Labute approximate surface area is 179 Å². The Kier molecular flexibility index (Phi) is 3.79. The van der Waals surface area contributed by atoms with Crippen molar-refractivity contribution in [3.63, 3.8) is 0 Å². The minimum Gasteiger partial charge on any atom is -0.384 e. The molecule has 154 valence electrons. The SMILES string of the molecule is Cc1ccsc1[C@]1(O)C(C)[C@]23Cn4cnc(-c5ccc(F)cc5)c4C=C2CCC[C@@H]31. The fourth-order valence-corrected chi connectivity index (χ4v) is 7.81. The molecule has 3 aromatic rings. The van der Waals surface area contributed by atoms with Crippen LogP contribution in [0.4, 0.5) is 4.39 Å². The number of thiophene rings is 1. The topological polar surface area (TPSA) is 38.0 Å². The highest BCUT2D eigenvalue weighted by molar-refractivity contribution is 7.10. The number of halogens is 1. The molecule has 2 saturated carbocycles. The number of fused-ring (bicyclic) bond motifs is 1. The number of aromatic nitrogens is 2. The van der Waals surface area contributed by atoms with Gasteiger partial charge in [0, 0.05) is 34.2 Å². The highest BCUT2D eigenvalue weighted by atomic mass is 32.1. The van der Waals surface area contributed by atoms with E-state index < -0.39 is 5.60 Å². The van der Waals surface area contributed by atoms with Crippen LogP contribution in [-0.2, 0) is 12.1 Å². The third-order valence-electron chi connectivity index (χ3n) is 8.09. The van der Waals surface area contributed by atoms with Gasteiger partial charge in [-0.1, -0.05) is 12.5 Å². The van der Waals surface area contributed by atoms with E-state index in [-0.39, 0.29) is 23.1 Å². The first-order chi connectivity index (χ1) is 14.5. The van der Waals surface area contributed by atoms with Gasteiger partial charge in [0.05, 0.1) is 17.7 Å². The Morgan fingerprint density at radius 1 is 1.23 bits per heavy atom. The summed E-state index contributed by atoms with van der Waals surface area (Å²) in [6.07, 6.45) is 7.48. The predicted molar refractivity (Wildman–Crippen MR) is 117 cm³/mol. The third-order valence-corrected chi connectivity index (χ3v) is 9.24. The monoisotopic (exact) mass is 420 g/mol. The normalized spacial score (nSPS) is 31.9. The summed E-state index contributed by atoms with van der Waals surface area (Å²) in [5, 5.41) is 14.0. The second kappa shape index (κ2) is 6.14. The van der Waals surface area contributed by atoms with E-state index in [1.165, 1.54) is 23.3 Å². The summed E-state index contributed by atoms with van der Waals surface area (Å²) < 4.78 is 15.6. The number of rotatable bonds is 2. The van der Waals surface area contributed by atoms with Crippen LogP contribution >= 0.6 is 11.3 Å². The van der Waals surface area contributed by atoms with E-state index in [1.54, 1.807) is 23.5 Å². The zero-order valence-electron chi connectivity index (χ0n) is 17.2. The molecular formula is C25H25FN2OS. The number of hydrogen-bond acceptors (Lipinski definition) is 3. The number of aryl methyl sites for hydroxylation is 1. The Balaban J connectivity index is 1.44. The molecule has 5 heteroatoms. The zero-order chi connectivity index (χ0) is 20.7. The lowest BCUT2D eigenvalue weighted by Crippen LogP contribution is -2.69. The van der Waals surface area contributed by atoms with Gasteiger partial charge in [0.25, 0.3) is 0 Å². The van der Waals surface area contributed by atoms with Crippen molar-refractivity contribution in [2.24, 2.45) is 17.3 Å². The summed E-state index contributed by atoms with van der Waals surface area (Å²) >= 11 is 1.70. The number of nitrogens with zero attached hydrogens (tertiary/aromatic N) is 2. The summed E-state index contributed by atoms with van der Waals surface area (Å²) in [5.41, 5.74) is 4.89. The van der Waals surface area contributed by atoms with Crippen molar-refractivity contribution in [2.75, 3.05) is 0 Å². The van der Waals surface area contributed by atoms with Crippen LogP contribution in [0.25, 0.3) is 17.3 Å². The maximum atomic E-state index is 13.4. The van der Waals surface area contributed by atoms with E-state index in [4.69, 9.17) is 4.98 Å². The lowest BCUT2D eigenvalue weighted by Gasteiger charge is -2.69. The van der Waals surface area contributed by atoms with E-state index in [2.05, 4.69) is 35.9 Å².